The molecule has 0 bridgehead atoms. The molecule has 28 heavy (non-hydrogen) atoms. The molecule has 0 aromatic heterocycles. The second-order valence-electron chi connectivity index (χ2n) is 6.08. The summed E-state index contributed by atoms with van der Waals surface area (Å²) in [5.74, 6) is 0.578. The normalized spacial score (nSPS) is 10.8. The highest BCUT2D eigenvalue weighted by molar-refractivity contribution is 9.10. The van der Waals surface area contributed by atoms with Gasteiger partial charge in [-0.1, -0.05) is 68.3 Å². The molecule has 4 nitrogen and oxygen atoms in total. The van der Waals surface area contributed by atoms with E-state index < -0.39 is 0 Å². The van der Waals surface area contributed by atoms with E-state index >= 15 is 0 Å². The Morgan fingerprint density at radius 2 is 1.57 bits per heavy atom. The Morgan fingerprint density at radius 3 is 2.25 bits per heavy atom. The predicted octanol–water partition coefficient (Wildman–Crippen LogP) is 5.48. The lowest BCUT2D eigenvalue weighted by Crippen LogP contribution is -2.19. The van der Waals surface area contributed by atoms with Crippen LogP contribution in [0.5, 0.6) is 5.75 Å². The molecule has 142 valence electrons. The molecule has 0 unspecified atom stereocenters. The van der Waals surface area contributed by atoms with Crippen molar-refractivity contribution < 1.29 is 9.53 Å². The van der Waals surface area contributed by atoms with Gasteiger partial charge in [-0.3, -0.25) is 4.79 Å². The van der Waals surface area contributed by atoms with Crippen LogP contribution in [-0.4, -0.2) is 12.1 Å². The Labute approximate surface area is 180 Å². The molecule has 0 aliphatic carbocycles. The highest BCUT2D eigenvalue weighted by Crippen LogP contribution is 2.16. The lowest BCUT2D eigenvalue weighted by atomic mass is 10.1. The summed E-state index contributed by atoms with van der Waals surface area (Å²) in [5.41, 5.74) is 5.41. The fourth-order valence-electron chi connectivity index (χ4n) is 2.44. The van der Waals surface area contributed by atoms with Crippen LogP contribution in [0.25, 0.3) is 0 Å². The molecule has 0 aliphatic heterocycles. The van der Waals surface area contributed by atoms with Crippen LogP contribution in [0, 0.1) is 0 Å². The van der Waals surface area contributed by atoms with Crippen LogP contribution in [-0.2, 0) is 17.8 Å². The zero-order chi connectivity index (χ0) is 19.8. The number of hydrogen-bond donors (Lipinski definition) is 1. The van der Waals surface area contributed by atoms with Crippen molar-refractivity contribution in [3.63, 3.8) is 0 Å². The molecule has 0 saturated carbocycles. The molecule has 0 atom stereocenters. The van der Waals surface area contributed by atoms with Gasteiger partial charge in [-0.2, -0.15) is 5.10 Å². The largest absolute Gasteiger partial charge is 0.489 e. The van der Waals surface area contributed by atoms with Crippen LogP contribution in [0.2, 0.25) is 0 Å². The van der Waals surface area contributed by atoms with Crippen molar-refractivity contribution in [3.05, 3.63) is 98.4 Å². The standard InChI is InChI=1S/C22H18Br2N2O2/c23-19-8-4-16(5-9-19)13-22(27)26-25-14-18-2-1-3-21(12-18)28-15-17-6-10-20(24)11-7-17/h1-12,14H,13,15H2,(H,26,27)/b25-14-. The number of hydrazone groups is 1. The molecule has 0 radical (unpaired) electrons. The summed E-state index contributed by atoms with van der Waals surface area (Å²) >= 11 is 6.80. The number of hydrogen-bond acceptors (Lipinski definition) is 3. The zero-order valence-corrected chi connectivity index (χ0v) is 18.1. The number of nitrogens with one attached hydrogen (secondary N) is 1. The van der Waals surface area contributed by atoms with E-state index in [0.29, 0.717) is 6.61 Å². The fourth-order valence-corrected chi connectivity index (χ4v) is 2.97. The molecular weight excluding hydrogens is 484 g/mol. The third-order valence-corrected chi connectivity index (χ3v) is 4.91. The summed E-state index contributed by atoms with van der Waals surface area (Å²) in [7, 11) is 0. The van der Waals surface area contributed by atoms with Crippen LogP contribution in [0.4, 0.5) is 0 Å². The Balaban J connectivity index is 1.51. The Bertz CT molecular complexity index is 955. The van der Waals surface area contributed by atoms with Gasteiger partial charge in [-0.05, 0) is 53.1 Å². The minimum atomic E-state index is -0.166. The summed E-state index contributed by atoms with van der Waals surface area (Å²) in [6, 6.07) is 23.2. The second-order valence-corrected chi connectivity index (χ2v) is 7.92. The number of carbonyl (C=O) groups is 1. The van der Waals surface area contributed by atoms with Gasteiger partial charge in [-0.15, -0.1) is 0 Å². The van der Waals surface area contributed by atoms with Gasteiger partial charge < -0.3 is 4.74 Å². The van der Waals surface area contributed by atoms with E-state index in [1.54, 1.807) is 6.21 Å². The lowest BCUT2D eigenvalue weighted by molar-refractivity contribution is -0.120. The average Bonchev–Trinajstić information content (AvgIpc) is 2.70. The van der Waals surface area contributed by atoms with E-state index in [9.17, 15) is 4.79 Å². The molecule has 3 aromatic rings. The van der Waals surface area contributed by atoms with Crippen LogP contribution in [0.1, 0.15) is 16.7 Å². The monoisotopic (exact) mass is 500 g/mol. The first-order valence-electron chi connectivity index (χ1n) is 8.62. The van der Waals surface area contributed by atoms with Crippen molar-refractivity contribution in [1.29, 1.82) is 0 Å². The van der Waals surface area contributed by atoms with Gasteiger partial charge in [0, 0.05) is 8.95 Å². The first-order valence-corrected chi connectivity index (χ1v) is 10.2. The molecule has 1 amide bonds. The van der Waals surface area contributed by atoms with E-state index in [1.165, 1.54) is 0 Å². The maximum Gasteiger partial charge on any atom is 0.244 e. The highest BCUT2D eigenvalue weighted by atomic mass is 79.9. The Morgan fingerprint density at radius 1 is 0.929 bits per heavy atom. The minimum Gasteiger partial charge on any atom is -0.489 e. The topological polar surface area (TPSA) is 50.7 Å². The first kappa shape index (κ1) is 20.3. The van der Waals surface area contributed by atoms with E-state index in [1.807, 2.05) is 72.8 Å². The summed E-state index contributed by atoms with van der Waals surface area (Å²) in [4.78, 5) is 12.0. The Kier molecular flexibility index (Phi) is 7.39. The van der Waals surface area contributed by atoms with Crippen molar-refractivity contribution in [3.8, 4) is 5.75 Å². The number of carbonyl (C=O) groups excluding carboxylic acids is 1. The molecule has 0 saturated heterocycles. The van der Waals surface area contributed by atoms with Crippen molar-refractivity contribution >= 4 is 44.0 Å². The number of benzene rings is 3. The summed E-state index contributed by atoms with van der Waals surface area (Å²) in [6.45, 7) is 0.484. The first-order chi connectivity index (χ1) is 13.6. The Hall–Kier alpha value is -2.44. The van der Waals surface area contributed by atoms with Crippen LogP contribution < -0.4 is 10.2 Å². The molecule has 0 fully saturated rings. The molecule has 0 spiro atoms. The summed E-state index contributed by atoms with van der Waals surface area (Å²) in [5, 5.41) is 4.03. The molecule has 3 rings (SSSR count). The molecule has 0 heterocycles. The molecule has 6 heteroatoms. The van der Waals surface area contributed by atoms with Crippen molar-refractivity contribution in [2.24, 2.45) is 5.10 Å². The van der Waals surface area contributed by atoms with Gasteiger partial charge in [0.1, 0.15) is 12.4 Å². The summed E-state index contributed by atoms with van der Waals surface area (Å²) < 4.78 is 7.84. The van der Waals surface area contributed by atoms with Gasteiger partial charge in [0.2, 0.25) is 5.91 Å². The summed E-state index contributed by atoms with van der Waals surface area (Å²) in [6.07, 6.45) is 1.88. The third kappa shape index (κ3) is 6.62. The van der Waals surface area contributed by atoms with Gasteiger partial charge in [0.05, 0.1) is 12.6 Å². The highest BCUT2D eigenvalue weighted by Gasteiger charge is 2.02. The van der Waals surface area contributed by atoms with Gasteiger partial charge in [-0.25, -0.2) is 5.43 Å². The molecular formula is C22H18Br2N2O2. The number of amides is 1. The maximum absolute atomic E-state index is 12.0. The predicted molar refractivity (Wildman–Crippen MR) is 118 cm³/mol. The van der Waals surface area contributed by atoms with Gasteiger partial charge in [0.15, 0.2) is 0 Å². The van der Waals surface area contributed by atoms with Gasteiger partial charge in [0.25, 0.3) is 0 Å². The van der Waals surface area contributed by atoms with Crippen LogP contribution in [0.3, 0.4) is 0 Å². The van der Waals surface area contributed by atoms with Crippen molar-refractivity contribution in [2.45, 2.75) is 13.0 Å². The van der Waals surface area contributed by atoms with E-state index in [-0.39, 0.29) is 12.3 Å². The number of rotatable bonds is 7. The fraction of sp³-hybridized carbons (Fsp3) is 0.0909. The number of ether oxygens (including phenoxy) is 1. The van der Waals surface area contributed by atoms with Crippen molar-refractivity contribution in [2.75, 3.05) is 0 Å². The van der Waals surface area contributed by atoms with Crippen LogP contribution in [0.15, 0.2) is 86.8 Å². The molecule has 3 aromatic carbocycles. The van der Waals surface area contributed by atoms with E-state index in [2.05, 4.69) is 42.4 Å². The quantitative estimate of drug-likeness (QED) is 0.344. The number of nitrogens with zero attached hydrogens (tertiary/aromatic N) is 1. The van der Waals surface area contributed by atoms with Crippen molar-refractivity contribution in [1.82, 2.24) is 5.43 Å². The third-order valence-electron chi connectivity index (χ3n) is 3.86. The maximum atomic E-state index is 12.0. The molecule has 0 aliphatic rings. The van der Waals surface area contributed by atoms with E-state index in [4.69, 9.17) is 4.74 Å². The second kappa shape index (κ2) is 10.2. The molecule has 1 N–H and O–H groups in total. The van der Waals surface area contributed by atoms with Crippen LogP contribution >= 0.6 is 31.9 Å². The van der Waals surface area contributed by atoms with E-state index in [0.717, 1.165) is 31.4 Å². The lowest BCUT2D eigenvalue weighted by Gasteiger charge is -2.07. The van der Waals surface area contributed by atoms with Gasteiger partial charge >= 0.3 is 0 Å². The zero-order valence-electron chi connectivity index (χ0n) is 14.9. The SMILES string of the molecule is O=C(Cc1ccc(Br)cc1)N/N=C\c1cccc(OCc2ccc(Br)cc2)c1. The minimum absolute atomic E-state index is 0.166. The average molecular weight is 502 g/mol. The smallest absolute Gasteiger partial charge is 0.244 e. The number of halogens is 2.